The van der Waals surface area contributed by atoms with Gasteiger partial charge in [0.1, 0.15) is 0 Å². The molecule has 2 heteroatoms. The zero-order valence-corrected chi connectivity index (χ0v) is 8.75. The normalized spacial score (nSPS) is 32.2. The zero-order valence-electron chi connectivity index (χ0n) is 8.75. The van der Waals surface area contributed by atoms with Crippen molar-refractivity contribution in [2.24, 2.45) is 0 Å². The molecule has 0 bridgehead atoms. The first kappa shape index (κ1) is 9.50. The van der Waals surface area contributed by atoms with Gasteiger partial charge in [-0.25, -0.2) is 0 Å². The summed E-state index contributed by atoms with van der Waals surface area (Å²) in [7, 11) is 0. The van der Waals surface area contributed by atoms with Crippen LogP contribution in [-0.2, 0) is 4.79 Å². The van der Waals surface area contributed by atoms with Crippen molar-refractivity contribution in [3.8, 4) is 0 Å². The molecule has 0 aromatic rings. The minimum atomic E-state index is -0.111. The number of carbonyl (C=O) groups is 1. The van der Waals surface area contributed by atoms with Crippen molar-refractivity contribution in [2.45, 2.75) is 44.6 Å². The van der Waals surface area contributed by atoms with Gasteiger partial charge in [-0.15, -0.1) is 6.58 Å². The van der Waals surface area contributed by atoms with E-state index >= 15 is 0 Å². The van der Waals surface area contributed by atoms with Gasteiger partial charge in [0.25, 0.3) is 0 Å². The molecule has 0 aromatic heterocycles. The number of allylic oxidation sites excluding steroid dienone is 2. The molecule has 1 fully saturated rings. The maximum absolute atomic E-state index is 11.5. The van der Waals surface area contributed by atoms with Gasteiger partial charge in [0.15, 0.2) is 0 Å². The molecule has 0 N–H and O–H groups in total. The molecule has 0 spiro atoms. The number of β-lactam (4-membered cyclic amide) rings is 1. The Morgan fingerprint density at radius 2 is 2.36 bits per heavy atom. The average Bonchev–Trinajstić information content (AvgIpc) is 2.18. The number of hydrogen-bond acceptors (Lipinski definition) is 1. The molecule has 1 aliphatic heterocycles. The molecule has 14 heavy (non-hydrogen) atoms. The molecular weight excluding hydrogens is 174 g/mol. The Balaban J connectivity index is 2.19. The third-order valence-electron chi connectivity index (χ3n) is 3.26. The summed E-state index contributed by atoms with van der Waals surface area (Å²) >= 11 is 0. The summed E-state index contributed by atoms with van der Waals surface area (Å²) in [5.74, 6) is 0.251. The zero-order chi connectivity index (χ0) is 10.2. The number of hydrogen-bond donors (Lipinski definition) is 0. The second-order valence-corrected chi connectivity index (χ2v) is 4.41. The lowest BCUT2D eigenvalue weighted by atomic mass is 9.83. The number of likely N-dealkylation sites (tertiary alicyclic amines) is 1. The van der Waals surface area contributed by atoms with Crippen molar-refractivity contribution in [1.82, 2.24) is 4.90 Å². The van der Waals surface area contributed by atoms with Crippen molar-refractivity contribution in [3.63, 3.8) is 0 Å². The molecule has 2 aliphatic rings. The molecule has 2 nitrogen and oxygen atoms in total. The van der Waals surface area contributed by atoms with Crippen molar-refractivity contribution < 1.29 is 4.79 Å². The third-order valence-corrected chi connectivity index (χ3v) is 3.26. The van der Waals surface area contributed by atoms with E-state index in [1.807, 2.05) is 11.0 Å². The topological polar surface area (TPSA) is 20.3 Å². The third kappa shape index (κ3) is 1.29. The van der Waals surface area contributed by atoms with Crippen molar-refractivity contribution in [3.05, 3.63) is 24.4 Å². The Bertz CT molecular complexity index is 305. The Labute approximate surface area is 85.3 Å². The highest BCUT2D eigenvalue weighted by molar-refractivity contribution is 5.87. The molecule has 0 saturated carbocycles. The fourth-order valence-corrected chi connectivity index (χ4v) is 2.33. The fourth-order valence-electron chi connectivity index (χ4n) is 2.33. The molecule has 1 atom stereocenters. The van der Waals surface area contributed by atoms with E-state index in [2.05, 4.69) is 19.6 Å². The molecular formula is C12H17NO. The molecule has 1 heterocycles. The van der Waals surface area contributed by atoms with E-state index < -0.39 is 0 Å². The lowest BCUT2D eigenvalue weighted by Crippen LogP contribution is -2.59. The first-order chi connectivity index (χ1) is 6.67. The molecule has 1 unspecified atom stereocenters. The summed E-state index contributed by atoms with van der Waals surface area (Å²) in [5, 5.41) is 0. The van der Waals surface area contributed by atoms with Crippen LogP contribution in [-0.4, -0.2) is 16.3 Å². The summed E-state index contributed by atoms with van der Waals surface area (Å²) in [6, 6.07) is 0. The van der Waals surface area contributed by atoms with E-state index in [0.29, 0.717) is 6.42 Å². The highest BCUT2D eigenvalue weighted by atomic mass is 16.2. The lowest BCUT2D eigenvalue weighted by Gasteiger charge is -2.49. The van der Waals surface area contributed by atoms with E-state index in [-0.39, 0.29) is 11.4 Å². The summed E-state index contributed by atoms with van der Waals surface area (Å²) in [5.41, 5.74) is 1.11. The van der Waals surface area contributed by atoms with Crippen LogP contribution in [0.5, 0.6) is 0 Å². The minimum absolute atomic E-state index is 0.111. The van der Waals surface area contributed by atoms with Gasteiger partial charge < -0.3 is 4.90 Å². The van der Waals surface area contributed by atoms with Crippen LogP contribution in [0.2, 0.25) is 0 Å². The van der Waals surface area contributed by atoms with E-state index in [1.165, 1.54) is 18.5 Å². The van der Waals surface area contributed by atoms with Crippen LogP contribution in [0.3, 0.4) is 0 Å². The molecule has 1 aliphatic carbocycles. The number of nitrogens with zero attached hydrogens (tertiary/aromatic N) is 1. The highest BCUT2D eigenvalue weighted by Crippen LogP contribution is 2.39. The SMILES string of the molecule is C=CC1(C)CC(=O)N1C1=CCCCC1. The van der Waals surface area contributed by atoms with Gasteiger partial charge in [-0.3, -0.25) is 4.79 Å². The van der Waals surface area contributed by atoms with Crippen LogP contribution in [0.25, 0.3) is 0 Å². The van der Waals surface area contributed by atoms with Crippen LogP contribution in [0.1, 0.15) is 39.0 Å². The quantitative estimate of drug-likeness (QED) is 0.485. The van der Waals surface area contributed by atoms with Gasteiger partial charge >= 0.3 is 0 Å². The Morgan fingerprint density at radius 3 is 2.86 bits per heavy atom. The van der Waals surface area contributed by atoms with Crippen LogP contribution >= 0.6 is 0 Å². The summed E-state index contributed by atoms with van der Waals surface area (Å²) < 4.78 is 0. The first-order valence-corrected chi connectivity index (χ1v) is 5.33. The van der Waals surface area contributed by atoms with Gasteiger partial charge in [0.05, 0.1) is 12.0 Å². The summed E-state index contributed by atoms with van der Waals surface area (Å²) in [6.07, 6.45) is 9.36. The van der Waals surface area contributed by atoms with E-state index in [0.717, 1.165) is 12.8 Å². The van der Waals surface area contributed by atoms with E-state index in [9.17, 15) is 4.79 Å². The van der Waals surface area contributed by atoms with Gasteiger partial charge in [0, 0.05) is 5.70 Å². The van der Waals surface area contributed by atoms with Crippen molar-refractivity contribution in [1.29, 1.82) is 0 Å². The monoisotopic (exact) mass is 191 g/mol. The lowest BCUT2D eigenvalue weighted by molar-refractivity contribution is -0.147. The van der Waals surface area contributed by atoms with Crippen LogP contribution in [0.15, 0.2) is 24.4 Å². The van der Waals surface area contributed by atoms with E-state index in [1.54, 1.807) is 0 Å². The predicted octanol–water partition coefficient (Wildman–Crippen LogP) is 2.62. The van der Waals surface area contributed by atoms with Gasteiger partial charge in [-0.2, -0.15) is 0 Å². The summed E-state index contributed by atoms with van der Waals surface area (Å²) in [4.78, 5) is 13.5. The minimum Gasteiger partial charge on any atom is -0.307 e. The van der Waals surface area contributed by atoms with Crippen LogP contribution in [0, 0.1) is 0 Å². The maximum atomic E-state index is 11.5. The summed E-state index contributed by atoms with van der Waals surface area (Å²) in [6.45, 7) is 5.89. The highest BCUT2D eigenvalue weighted by Gasteiger charge is 2.46. The van der Waals surface area contributed by atoms with Gasteiger partial charge in [-0.05, 0) is 32.6 Å². The molecule has 0 aromatic carbocycles. The Morgan fingerprint density at radius 1 is 1.57 bits per heavy atom. The fraction of sp³-hybridized carbons (Fsp3) is 0.583. The largest absolute Gasteiger partial charge is 0.307 e. The number of rotatable bonds is 2. The Hall–Kier alpha value is -1.05. The predicted molar refractivity (Wildman–Crippen MR) is 56.6 cm³/mol. The van der Waals surface area contributed by atoms with Crippen LogP contribution < -0.4 is 0 Å². The number of carbonyl (C=O) groups excluding carboxylic acids is 1. The number of amides is 1. The maximum Gasteiger partial charge on any atom is 0.230 e. The van der Waals surface area contributed by atoms with Gasteiger partial charge in [-0.1, -0.05) is 12.2 Å². The first-order valence-electron chi connectivity index (χ1n) is 5.33. The smallest absolute Gasteiger partial charge is 0.230 e. The average molecular weight is 191 g/mol. The standard InChI is InChI=1S/C12H17NO/c1-3-12(2)9-11(14)13(12)10-7-5-4-6-8-10/h3,7H,1,4-6,8-9H2,2H3. The molecule has 2 rings (SSSR count). The van der Waals surface area contributed by atoms with Crippen molar-refractivity contribution >= 4 is 5.91 Å². The molecule has 1 amide bonds. The Kier molecular flexibility index (Phi) is 2.22. The van der Waals surface area contributed by atoms with Crippen molar-refractivity contribution in [2.75, 3.05) is 0 Å². The molecule has 1 saturated heterocycles. The van der Waals surface area contributed by atoms with Crippen LogP contribution in [0.4, 0.5) is 0 Å². The second kappa shape index (κ2) is 3.26. The van der Waals surface area contributed by atoms with Gasteiger partial charge in [0.2, 0.25) is 5.91 Å². The second-order valence-electron chi connectivity index (χ2n) is 4.41. The molecule has 0 radical (unpaired) electrons. The van der Waals surface area contributed by atoms with E-state index in [4.69, 9.17) is 0 Å². The molecule has 76 valence electrons.